The van der Waals surface area contributed by atoms with E-state index in [0.717, 1.165) is 10.5 Å². The number of esters is 1. The molecule has 7 nitrogen and oxygen atoms in total. The van der Waals surface area contributed by atoms with Gasteiger partial charge in [0.05, 0.1) is 32.7 Å². The molecule has 0 aliphatic heterocycles. The summed E-state index contributed by atoms with van der Waals surface area (Å²) in [5.41, 5.74) is 5.94. The van der Waals surface area contributed by atoms with Gasteiger partial charge in [0, 0.05) is 4.90 Å². The number of hydrogen-bond acceptors (Lipinski definition) is 6. The molecule has 0 saturated heterocycles. The van der Waals surface area contributed by atoms with E-state index in [1.165, 1.54) is 7.11 Å². The van der Waals surface area contributed by atoms with Gasteiger partial charge in [0.2, 0.25) is 11.8 Å². The van der Waals surface area contributed by atoms with E-state index in [0.29, 0.717) is 0 Å². The Labute approximate surface area is 151 Å². The number of rotatable bonds is 8. The highest BCUT2D eigenvalue weighted by Gasteiger charge is 2.19. The molecule has 0 spiro atoms. The molecule has 24 heavy (non-hydrogen) atoms. The molecule has 134 valence electrons. The molecule has 0 radical (unpaired) electrons. The molecule has 0 bridgehead atoms. The fraction of sp³-hybridized carbons (Fsp3) is 0.400. The van der Waals surface area contributed by atoms with Crippen molar-refractivity contribution in [1.82, 2.24) is 10.6 Å². The predicted molar refractivity (Wildman–Crippen MR) is 95.1 cm³/mol. The first-order valence-electron chi connectivity index (χ1n) is 6.97. The van der Waals surface area contributed by atoms with Crippen LogP contribution in [0.2, 0.25) is 0 Å². The van der Waals surface area contributed by atoms with Gasteiger partial charge in [0.15, 0.2) is 0 Å². The highest BCUT2D eigenvalue weighted by Crippen LogP contribution is 2.21. The van der Waals surface area contributed by atoms with Crippen molar-refractivity contribution in [3.05, 3.63) is 29.8 Å². The number of nitrogens with two attached hydrogens (primary N) is 1. The fourth-order valence-electron chi connectivity index (χ4n) is 1.83. The Morgan fingerprint density at radius 2 is 1.83 bits per heavy atom. The summed E-state index contributed by atoms with van der Waals surface area (Å²) in [6, 6.07) is 6.98. The second-order valence-corrected chi connectivity index (χ2v) is 5.53. The van der Waals surface area contributed by atoms with Crippen LogP contribution in [-0.2, 0) is 19.1 Å². The third-order valence-corrected chi connectivity index (χ3v) is 3.83. The molecule has 9 heteroatoms. The van der Waals surface area contributed by atoms with E-state index in [1.807, 2.05) is 30.5 Å². The number of benzene rings is 1. The second kappa shape index (κ2) is 11.7. The topological polar surface area (TPSA) is 111 Å². The van der Waals surface area contributed by atoms with Crippen molar-refractivity contribution < 1.29 is 19.1 Å². The summed E-state index contributed by atoms with van der Waals surface area (Å²) in [7, 11) is 1.29. The molecule has 0 fully saturated rings. The van der Waals surface area contributed by atoms with Crippen LogP contribution in [0.1, 0.15) is 18.0 Å². The lowest BCUT2D eigenvalue weighted by atomic mass is 10.0. The minimum Gasteiger partial charge on any atom is -0.469 e. The lowest BCUT2D eigenvalue weighted by molar-refractivity contribution is -0.141. The highest BCUT2D eigenvalue weighted by atomic mass is 35.5. The molecule has 1 aromatic rings. The second-order valence-electron chi connectivity index (χ2n) is 4.65. The molecule has 0 aliphatic carbocycles. The van der Waals surface area contributed by atoms with Gasteiger partial charge in [0.25, 0.3) is 0 Å². The summed E-state index contributed by atoms with van der Waals surface area (Å²) in [4.78, 5) is 35.6. The molecule has 1 unspecified atom stereocenters. The Kier molecular flexibility index (Phi) is 10.9. The normalized spacial score (nSPS) is 11.0. The van der Waals surface area contributed by atoms with E-state index in [4.69, 9.17) is 5.73 Å². The van der Waals surface area contributed by atoms with Crippen LogP contribution in [0.4, 0.5) is 0 Å². The number of nitrogens with one attached hydrogen (secondary N) is 2. The van der Waals surface area contributed by atoms with E-state index < -0.39 is 23.8 Å². The molecule has 0 aromatic heterocycles. The summed E-state index contributed by atoms with van der Waals surface area (Å²) >= 11 is 1.60. The molecule has 0 heterocycles. The van der Waals surface area contributed by atoms with Gasteiger partial charge in [-0.1, -0.05) is 12.1 Å². The van der Waals surface area contributed by atoms with Crippen LogP contribution in [0.25, 0.3) is 0 Å². The standard InChI is InChI=1S/C15H21N3O4S.ClH/c1-22-15(21)7-12(10-3-5-11(23-2)6-4-10)18-14(20)9-17-13(19)8-16;/h3-6,12H,7-9,16H2,1-2H3,(H,17,19)(H,18,20);1H. The van der Waals surface area contributed by atoms with Gasteiger partial charge in [0.1, 0.15) is 0 Å². The zero-order chi connectivity index (χ0) is 17.2. The number of methoxy groups -OCH3 is 1. The highest BCUT2D eigenvalue weighted by molar-refractivity contribution is 7.98. The number of ether oxygens (including phenoxy) is 1. The lowest BCUT2D eigenvalue weighted by Crippen LogP contribution is -2.41. The van der Waals surface area contributed by atoms with Gasteiger partial charge >= 0.3 is 5.97 Å². The number of thioether (sulfide) groups is 1. The Morgan fingerprint density at radius 1 is 1.21 bits per heavy atom. The van der Waals surface area contributed by atoms with Crippen molar-refractivity contribution in [2.75, 3.05) is 26.5 Å². The smallest absolute Gasteiger partial charge is 0.307 e. The third-order valence-electron chi connectivity index (χ3n) is 3.08. The quantitative estimate of drug-likeness (QED) is 0.454. The first-order valence-corrected chi connectivity index (χ1v) is 8.19. The molecule has 0 saturated carbocycles. The SMILES string of the molecule is COC(=O)CC(NC(=O)CNC(=O)CN)c1ccc(SC)cc1.Cl. The Balaban J connectivity index is 0.00000529. The van der Waals surface area contributed by atoms with Crippen LogP contribution >= 0.6 is 24.2 Å². The van der Waals surface area contributed by atoms with Crippen LogP contribution < -0.4 is 16.4 Å². The molecular weight excluding hydrogens is 354 g/mol. The van der Waals surface area contributed by atoms with E-state index in [1.54, 1.807) is 11.8 Å². The van der Waals surface area contributed by atoms with Gasteiger partial charge in [-0.05, 0) is 24.0 Å². The van der Waals surface area contributed by atoms with Crippen molar-refractivity contribution in [2.24, 2.45) is 5.73 Å². The average molecular weight is 376 g/mol. The molecule has 0 aliphatic rings. The van der Waals surface area contributed by atoms with Crippen molar-refractivity contribution >= 4 is 42.0 Å². The van der Waals surface area contributed by atoms with Crippen LogP contribution in [0.5, 0.6) is 0 Å². The zero-order valence-corrected chi connectivity index (χ0v) is 15.2. The molecule has 4 N–H and O–H groups in total. The monoisotopic (exact) mass is 375 g/mol. The van der Waals surface area contributed by atoms with Crippen LogP contribution in [0.3, 0.4) is 0 Å². The van der Waals surface area contributed by atoms with Gasteiger partial charge in [-0.3, -0.25) is 14.4 Å². The molecule has 1 aromatic carbocycles. The van der Waals surface area contributed by atoms with E-state index in [9.17, 15) is 14.4 Å². The maximum Gasteiger partial charge on any atom is 0.307 e. The van der Waals surface area contributed by atoms with Gasteiger partial charge in [-0.15, -0.1) is 24.2 Å². The maximum absolute atomic E-state index is 11.9. The molecule has 2 amide bonds. The van der Waals surface area contributed by atoms with Gasteiger partial charge < -0.3 is 21.1 Å². The lowest BCUT2D eigenvalue weighted by Gasteiger charge is -2.18. The summed E-state index contributed by atoms with van der Waals surface area (Å²) < 4.78 is 4.66. The largest absolute Gasteiger partial charge is 0.469 e. The minimum absolute atomic E-state index is 0. The minimum atomic E-state index is -0.527. The van der Waals surface area contributed by atoms with E-state index >= 15 is 0 Å². The van der Waals surface area contributed by atoms with Crippen LogP contribution in [-0.4, -0.2) is 44.2 Å². The molecule has 1 atom stereocenters. The van der Waals surface area contributed by atoms with Crippen molar-refractivity contribution in [3.8, 4) is 0 Å². The first-order chi connectivity index (χ1) is 11.0. The van der Waals surface area contributed by atoms with Crippen molar-refractivity contribution in [3.63, 3.8) is 0 Å². The number of halogens is 1. The van der Waals surface area contributed by atoms with Crippen molar-refractivity contribution in [1.29, 1.82) is 0 Å². The number of amides is 2. The first kappa shape index (κ1) is 22.2. The summed E-state index contributed by atoms with van der Waals surface area (Å²) in [5, 5.41) is 5.09. The van der Waals surface area contributed by atoms with E-state index in [-0.39, 0.29) is 31.9 Å². The number of hydrogen-bond donors (Lipinski definition) is 3. The van der Waals surface area contributed by atoms with Crippen LogP contribution in [0, 0.1) is 0 Å². The maximum atomic E-state index is 11.9. The predicted octanol–water partition coefficient (Wildman–Crippen LogP) is 0.626. The van der Waals surface area contributed by atoms with Gasteiger partial charge in [-0.25, -0.2) is 0 Å². The summed E-state index contributed by atoms with van der Waals surface area (Å²) in [6.07, 6.45) is 1.97. The van der Waals surface area contributed by atoms with Gasteiger partial charge in [-0.2, -0.15) is 0 Å². The third kappa shape index (κ3) is 7.67. The zero-order valence-electron chi connectivity index (χ0n) is 13.5. The Bertz CT molecular complexity index is 554. The Morgan fingerprint density at radius 3 is 2.33 bits per heavy atom. The van der Waals surface area contributed by atoms with Crippen molar-refractivity contribution in [2.45, 2.75) is 17.4 Å². The number of carbonyl (C=O) groups excluding carboxylic acids is 3. The van der Waals surface area contributed by atoms with Crippen LogP contribution in [0.15, 0.2) is 29.2 Å². The fourth-order valence-corrected chi connectivity index (χ4v) is 2.24. The number of carbonyl (C=O) groups is 3. The summed E-state index contributed by atoms with van der Waals surface area (Å²) in [5.74, 6) is -1.26. The Hall–Kier alpha value is -1.77. The van der Waals surface area contributed by atoms with E-state index in [2.05, 4.69) is 15.4 Å². The average Bonchev–Trinajstić information content (AvgIpc) is 2.58. The molecular formula is C15H22ClN3O4S. The summed E-state index contributed by atoms with van der Waals surface area (Å²) in [6.45, 7) is -0.383. The molecule has 1 rings (SSSR count).